The average molecular weight is 371 g/mol. The second kappa shape index (κ2) is 6.76. The van der Waals surface area contributed by atoms with Gasteiger partial charge in [0.15, 0.2) is 5.82 Å². The summed E-state index contributed by atoms with van der Waals surface area (Å²) >= 11 is 0. The van der Waals surface area contributed by atoms with Gasteiger partial charge in [0.25, 0.3) is 0 Å². The van der Waals surface area contributed by atoms with Crippen LogP contribution in [0.2, 0.25) is 0 Å². The fourth-order valence-electron chi connectivity index (χ4n) is 3.06. The molecule has 1 N–H and O–H groups in total. The summed E-state index contributed by atoms with van der Waals surface area (Å²) in [5.41, 5.74) is -0.921. The maximum atomic E-state index is 12.6. The molecule has 4 rings (SSSR count). The molecule has 0 aromatic carbocycles. The van der Waals surface area contributed by atoms with Gasteiger partial charge in [0, 0.05) is 19.2 Å². The number of hydrogen-bond donors (Lipinski definition) is 1. The number of aromatic nitrogens is 5. The van der Waals surface area contributed by atoms with Crippen LogP contribution in [0.15, 0.2) is 29.2 Å². The summed E-state index contributed by atoms with van der Waals surface area (Å²) in [6.45, 7) is 2.90. The van der Waals surface area contributed by atoms with Crippen molar-refractivity contribution in [1.29, 1.82) is 0 Å². The van der Waals surface area contributed by atoms with E-state index in [9.17, 15) is 14.9 Å². The van der Waals surface area contributed by atoms with Gasteiger partial charge in [-0.1, -0.05) is 13.0 Å². The molecule has 4 heterocycles. The normalized spacial score (nSPS) is 17.4. The number of nitro groups is 1. The van der Waals surface area contributed by atoms with E-state index in [4.69, 9.17) is 4.74 Å². The number of H-pyrrole nitrogens is 1. The van der Waals surface area contributed by atoms with Crippen molar-refractivity contribution in [2.24, 2.45) is 0 Å². The molecule has 1 fully saturated rings. The maximum absolute atomic E-state index is 12.6. The van der Waals surface area contributed by atoms with E-state index < -0.39 is 22.3 Å². The van der Waals surface area contributed by atoms with Crippen molar-refractivity contribution in [1.82, 2.24) is 24.6 Å². The molecule has 1 aliphatic heterocycles. The lowest BCUT2D eigenvalue weighted by atomic mass is 10.2. The number of rotatable bonds is 4. The molecule has 27 heavy (non-hydrogen) atoms. The largest absolute Gasteiger partial charge is 0.376 e. The molecular formula is C16H17N7O4. The van der Waals surface area contributed by atoms with Crippen LogP contribution in [0.4, 0.5) is 11.5 Å². The molecule has 1 unspecified atom stereocenters. The van der Waals surface area contributed by atoms with Gasteiger partial charge in [0.05, 0.1) is 18.1 Å². The third-order valence-corrected chi connectivity index (χ3v) is 4.41. The molecular weight excluding hydrogens is 354 g/mol. The number of anilines is 1. The van der Waals surface area contributed by atoms with Crippen molar-refractivity contribution >= 4 is 17.2 Å². The van der Waals surface area contributed by atoms with E-state index in [1.165, 1.54) is 10.6 Å². The molecule has 0 amide bonds. The molecule has 11 heteroatoms. The maximum Gasteiger partial charge on any atom is 0.376 e. The first kappa shape index (κ1) is 17.1. The zero-order valence-electron chi connectivity index (χ0n) is 14.5. The standard InChI is InChI=1S/C16H17N7O4/c1-2-11-17-14(20-19-11)10-9-21(7-8-27-10)15-13(23(25)26)16(24)22-6-4-3-5-12(22)18-15/h3-6,10H,2,7-9H2,1H3,(H,17,19,20). The number of aromatic amines is 1. The van der Waals surface area contributed by atoms with Crippen molar-refractivity contribution in [2.45, 2.75) is 19.4 Å². The van der Waals surface area contributed by atoms with Crippen LogP contribution in [0.3, 0.4) is 0 Å². The highest BCUT2D eigenvalue weighted by Gasteiger charge is 2.33. The Bertz CT molecular complexity index is 1060. The van der Waals surface area contributed by atoms with Crippen LogP contribution in [0.5, 0.6) is 0 Å². The minimum Gasteiger partial charge on any atom is -0.366 e. The summed E-state index contributed by atoms with van der Waals surface area (Å²) in [4.78, 5) is 33.9. The molecule has 3 aromatic heterocycles. The lowest BCUT2D eigenvalue weighted by Gasteiger charge is -2.32. The summed E-state index contributed by atoms with van der Waals surface area (Å²) in [6, 6.07) is 4.98. The quantitative estimate of drug-likeness (QED) is 0.528. The monoisotopic (exact) mass is 371 g/mol. The second-order valence-corrected chi connectivity index (χ2v) is 6.07. The first-order valence-electron chi connectivity index (χ1n) is 8.52. The third kappa shape index (κ3) is 3.01. The number of ether oxygens (including phenoxy) is 1. The van der Waals surface area contributed by atoms with Crippen molar-refractivity contribution in [3.05, 3.63) is 56.5 Å². The van der Waals surface area contributed by atoms with E-state index in [1.54, 1.807) is 23.1 Å². The van der Waals surface area contributed by atoms with Gasteiger partial charge in [-0.25, -0.2) is 9.97 Å². The highest BCUT2D eigenvalue weighted by Crippen LogP contribution is 2.28. The third-order valence-electron chi connectivity index (χ3n) is 4.41. The average Bonchev–Trinajstić information content (AvgIpc) is 3.17. The number of fused-ring (bicyclic) bond motifs is 1. The van der Waals surface area contributed by atoms with Crippen LogP contribution in [-0.4, -0.2) is 49.2 Å². The van der Waals surface area contributed by atoms with Gasteiger partial charge in [-0.15, -0.1) is 0 Å². The molecule has 0 radical (unpaired) electrons. The van der Waals surface area contributed by atoms with Gasteiger partial charge in [0.1, 0.15) is 17.6 Å². The van der Waals surface area contributed by atoms with Gasteiger partial charge < -0.3 is 9.64 Å². The van der Waals surface area contributed by atoms with Gasteiger partial charge in [0.2, 0.25) is 5.82 Å². The SMILES string of the molecule is CCc1nc(C2CN(c3nc4ccccn4c(=O)c3[N+](=O)[O-])CCO2)n[nH]1. The van der Waals surface area contributed by atoms with Gasteiger partial charge in [-0.05, 0) is 12.1 Å². The Labute approximate surface area is 152 Å². The molecule has 11 nitrogen and oxygen atoms in total. The predicted molar refractivity (Wildman–Crippen MR) is 94.8 cm³/mol. The molecule has 3 aromatic rings. The zero-order valence-corrected chi connectivity index (χ0v) is 14.5. The summed E-state index contributed by atoms with van der Waals surface area (Å²) in [6.07, 6.45) is 1.70. The molecule has 1 saturated heterocycles. The Morgan fingerprint density at radius 3 is 3.00 bits per heavy atom. The Kier molecular flexibility index (Phi) is 4.28. The topological polar surface area (TPSA) is 132 Å². The van der Waals surface area contributed by atoms with E-state index in [2.05, 4.69) is 20.2 Å². The van der Waals surface area contributed by atoms with Gasteiger partial charge in [-0.3, -0.25) is 24.4 Å². The van der Waals surface area contributed by atoms with Gasteiger partial charge in [-0.2, -0.15) is 5.10 Å². The Morgan fingerprint density at radius 2 is 2.26 bits per heavy atom. The smallest absolute Gasteiger partial charge is 0.366 e. The Morgan fingerprint density at radius 1 is 1.41 bits per heavy atom. The van der Waals surface area contributed by atoms with Gasteiger partial charge >= 0.3 is 11.2 Å². The number of nitrogens with one attached hydrogen (secondary N) is 1. The van der Waals surface area contributed by atoms with E-state index in [-0.39, 0.29) is 12.4 Å². The predicted octanol–water partition coefficient (Wildman–Crippen LogP) is 0.861. The van der Waals surface area contributed by atoms with E-state index in [0.29, 0.717) is 31.0 Å². The van der Waals surface area contributed by atoms with Crippen molar-refractivity contribution in [3.8, 4) is 0 Å². The number of pyridine rings is 1. The summed E-state index contributed by atoms with van der Waals surface area (Å²) in [7, 11) is 0. The first-order chi connectivity index (χ1) is 13.1. The summed E-state index contributed by atoms with van der Waals surface area (Å²) in [5, 5.41) is 18.6. The number of aryl methyl sites for hydroxylation is 1. The summed E-state index contributed by atoms with van der Waals surface area (Å²) in [5.74, 6) is 1.26. The second-order valence-electron chi connectivity index (χ2n) is 6.07. The van der Waals surface area contributed by atoms with Crippen LogP contribution in [-0.2, 0) is 11.2 Å². The highest BCUT2D eigenvalue weighted by atomic mass is 16.6. The van der Waals surface area contributed by atoms with Crippen molar-refractivity contribution < 1.29 is 9.66 Å². The molecule has 0 bridgehead atoms. The van der Waals surface area contributed by atoms with E-state index in [1.807, 2.05) is 6.92 Å². The highest BCUT2D eigenvalue weighted by molar-refractivity contribution is 5.61. The van der Waals surface area contributed by atoms with Crippen LogP contribution in [0.25, 0.3) is 5.65 Å². The fourth-order valence-corrected chi connectivity index (χ4v) is 3.06. The van der Waals surface area contributed by atoms with E-state index in [0.717, 1.165) is 5.82 Å². The lowest BCUT2D eigenvalue weighted by molar-refractivity contribution is -0.385. The minimum absolute atomic E-state index is 0.0377. The van der Waals surface area contributed by atoms with Crippen molar-refractivity contribution in [3.63, 3.8) is 0 Å². The molecule has 1 aliphatic rings. The van der Waals surface area contributed by atoms with Crippen LogP contribution >= 0.6 is 0 Å². The van der Waals surface area contributed by atoms with Crippen LogP contribution in [0.1, 0.15) is 24.7 Å². The Hall–Kier alpha value is -3.34. The van der Waals surface area contributed by atoms with Crippen LogP contribution < -0.4 is 10.5 Å². The fraction of sp³-hybridized carbons (Fsp3) is 0.375. The van der Waals surface area contributed by atoms with Crippen LogP contribution in [0, 0.1) is 10.1 Å². The minimum atomic E-state index is -0.713. The summed E-state index contributed by atoms with van der Waals surface area (Å²) < 4.78 is 6.89. The lowest BCUT2D eigenvalue weighted by Crippen LogP contribution is -2.40. The Balaban J connectivity index is 1.75. The number of hydrogen-bond acceptors (Lipinski definition) is 8. The molecule has 1 atom stereocenters. The molecule has 0 spiro atoms. The molecule has 0 aliphatic carbocycles. The molecule has 0 saturated carbocycles. The number of morpholine rings is 1. The first-order valence-corrected chi connectivity index (χ1v) is 8.52. The van der Waals surface area contributed by atoms with Crippen molar-refractivity contribution in [2.75, 3.05) is 24.6 Å². The van der Waals surface area contributed by atoms with E-state index >= 15 is 0 Å². The molecule has 140 valence electrons. The number of nitrogens with zero attached hydrogens (tertiary/aromatic N) is 6. The zero-order chi connectivity index (χ0) is 19.0.